The predicted molar refractivity (Wildman–Crippen MR) is 129 cm³/mol. The number of hydrogen-bond acceptors (Lipinski definition) is 7. The molecule has 0 aliphatic carbocycles. The quantitative estimate of drug-likeness (QED) is 0.410. The van der Waals surface area contributed by atoms with E-state index in [1.807, 2.05) is 13.8 Å². The van der Waals surface area contributed by atoms with E-state index in [-0.39, 0.29) is 22.3 Å². The number of anilines is 1. The van der Waals surface area contributed by atoms with Crippen LogP contribution in [0.2, 0.25) is 0 Å². The number of benzene rings is 2. The van der Waals surface area contributed by atoms with Crippen molar-refractivity contribution in [2.24, 2.45) is 5.92 Å². The second-order valence-corrected chi connectivity index (χ2v) is 9.58. The maximum absolute atomic E-state index is 13.8. The third-order valence-electron chi connectivity index (χ3n) is 5.26. The van der Waals surface area contributed by atoms with Gasteiger partial charge in [0.1, 0.15) is 22.2 Å². The first kappa shape index (κ1) is 25.1. The third kappa shape index (κ3) is 4.87. The number of carboxylic acid groups (broad SMARTS) is 1. The molecule has 0 spiro atoms. The highest BCUT2D eigenvalue weighted by atomic mass is 32.1. The summed E-state index contributed by atoms with van der Waals surface area (Å²) in [5.74, 6) is -2.22. The maximum atomic E-state index is 13.8. The van der Waals surface area contributed by atoms with Crippen molar-refractivity contribution in [2.75, 3.05) is 4.90 Å². The molecule has 1 atom stereocenters. The van der Waals surface area contributed by atoms with Gasteiger partial charge in [0.25, 0.3) is 11.9 Å². The molecule has 5 rings (SSSR count). The fourth-order valence-corrected chi connectivity index (χ4v) is 4.95. The lowest BCUT2D eigenvalue weighted by Gasteiger charge is -2.22. The summed E-state index contributed by atoms with van der Waals surface area (Å²) in [4.78, 5) is 37.2. The molecule has 0 radical (unpaired) electrons. The molecular formula is C25H21F2N3O5S. The van der Waals surface area contributed by atoms with Gasteiger partial charge in [0, 0.05) is 13.3 Å². The first-order valence-corrected chi connectivity index (χ1v) is 11.8. The number of carbonyl (C=O) groups excluding carboxylic acids is 1. The smallest absolute Gasteiger partial charge is 0.300 e. The Labute approximate surface area is 207 Å². The molecule has 4 aromatic rings. The molecule has 1 unspecified atom stereocenters. The summed E-state index contributed by atoms with van der Waals surface area (Å²) >= 11 is 1.25. The number of amides is 1. The van der Waals surface area contributed by atoms with Crippen molar-refractivity contribution in [1.29, 1.82) is 0 Å². The zero-order valence-electron chi connectivity index (χ0n) is 19.5. The highest BCUT2D eigenvalue weighted by Gasteiger charge is 2.45. The second kappa shape index (κ2) is 9.94. The number of rotatable bonds is 4. The van der Waals surface area contributed by atoms with Crippen molar-refractivity contribution in [3.05, 3.63) is 86.2 Å². The van der Waals surface area contributed by atoms with Crippen LogP contribution in [-0.2, 0) is 11.2 Å². The molecule has 3 heterocycles. The molecular weight excluding hydrogens is 492 g/mol. The molecule has 8 nitrogen and oxygen atoms in total. The number of nitrogens with zero attached hydrogens (tertiary/aromatic N) is 3. The van der Waals surface area contributed by atoms with Crippen molar-refractivity contribution in [3.8, 4) is 0 Å². The van der Waals surface area contributed by atoms with Gasteiger partial charge in [0.05, 0.1) is 17.0 Å². The van der Waals surface area contributed by atoms with E-state index in [0.29, 0.717) is 23.0 Å². The molecule has 2 aromatic carbocycles. The Hall–Kier alpha value is -3.99. The lowest BCUT2D eigenvalue weighted by molar-refractivity contribution is -0.134. The zero-order valence-corrected chi connectivity index (χ0v) is 20.3. The topological polar surface area (TPSA) is 114 Å². The van der Waals surface area contributed by atoms with E-state index in [0.717, 1.165) is 24.1 Å². The van der Waals surface area contributed by atoms with Gasteiger partial charge in [-0.05, 0) is 41.8 Å². The van der Waals surface area contributed by atoms with Gasteiger partial charge >= 0.3 is 0 Å². The van der Waals surface area contributed by atoms with Crippen LogP contribution < -0.4 is 10.3 Å². The van der Waals surface area contributed by atoms with E-state index < -0.39 is 35.0 Å². The minimum atomic E-state index is -0.901. The Morgan fingerprint density at radius 3 is 2.39 bits per heavy atom. The molecule has 0 bridgehead atoms. The largest absolute Gasteiger partial charge is 0.481 e. The summed E-state index contributed by atoms with van der Waals surface area (Å²) in [5.41, 5.74) is 0.168. The van der Waals surface area contributed by atoms with Crippen LogP contribution in [0.3, 0.4) is 0 Å². The van der Waals surface area contributed by atoms with E-state index >= 15 is 0 Å². The Balaban J connectivity index is 0.000000709. The standard InChI is InChI=1S/C23H17F2N3O3S.C2H4O2/c1-11(2)9-17-26-27-23(32-17)28-19(12-3-5-13(24)6-4-12)18-20(29)15-10-14(25)7-8-16(15)31-21(18)22(28)30;1-2(3)4/h3-8,10-11,19H,9H2,1-2H3;1H3,(H,3,4). The van der Waals surface area contributed by atoms with E-state index in [2.05, 4.69) is 10.2 Å². The molecule has 1 aliphatic heterocycles. The molecule has 1 aliphatic rings. The molecule has 1 amide bonds. The number of hydrogen-bond donors (Lipinski definition) is 1. The number of carboxylic acids is 1. The van der Waals surface area contributed by atoms with Gasteiger partial charge in [0.15, 0.2) is 5.43 Å². The van der Waals surface area contributed by atoms with E-state index in [1.165, 1.54) is 46.6 Å². The lowest BCUT2D eigenvalue weighted by atomic mass is 9.98. The summed E-state index contributed by atoms with van der Waals surface area (Å²) < 4.78 is 33.2. The van der Waals surface area contributed by atoms with Crippen LogP contribution in [0.25, 0.3) is 11.0 Å². The highest BCUT2D eigenvalue weighted by Crippen LogP contribution is 2.42. The number of fused-ring (bicyclic) bond motifs is 2. The Bertz CT molecular complexity index is 1510. The molecule has 2 aromatic heterocycles. The average Bonchev–Trinajstić information content (AvgIpc) is 3.36. The fourth-order valence-electron chi connectivity index (χ4n) is 3.88. The lowest BCUT2D eigenvalue weighted by Crippen LogP contribution is -2.29. The van der Waals surface area contributed by atoms with E-state index in [1.54, 1.807) is 0 Å². The maximum Gasteiger partial charge on any atom is 0.300 e. The fraction of sp³-hybridized carbons (Fsp3) is 0.240. The van der Waals surface area contributed by atoms with Gasteiger partial charge in [-0.15, -0.1) is 10.2 Å². The van der Waals surface area contributed by atoms with Gasteiger partial charge in [-0.25, -0.2) is 8.78 Å². The van der Waals surface area contributed by atoms with Crippen molar-refractivity contribution in [2.45, 2.75) is 33.2 Å². The van der Waals surface area contributed by atoms with Gasteiger partial charge in [-0.3, -0.25) is 19.3 Å². The van der Waals surface area contributed by atoms with Gasteiger partial charge in [-0.2, -0.15) is 0 Å². The second-order valence-electron chi connectivity index (χ2n) is 8.54. The monoisotopic (exact) mass is 513 g/mol. The summed E-state index contributed by atoms with van der Waals surface area (Å²) in [6, 6.07) is 8.17. The van der Waals surface area contributed by atoms with Crippen LogP contribution in [0.4, 0.5) is 13.9 Å². The van der Waals surface area contributed by atoms with Gasteiger partial charge in [0.2, 0.25) is 10.9 Å². The van der Waals surface area contributed by atoms with E-state index in [4.69, 9.17) is 14.3 Å². The molecule has 0 saturated heterocycles. The summed E-state index contributed by atoms with van der Waals surface area (Å²) in [6.45, 7) is 5.18. The minimum Gasteiger partial charge on any atom is -0.481 e. The SMILES string of the molecule is CC(=O)O.CC(C)Cc1nnc(N2C(=O)c3oc4ccc(F)cc4c(=O)c3C2c2ccc(F)cc2)s1. The van der Waals surface area contributed by atoms with Crippen LogP contribution >= 0.6 is 11.3 Å². The first-order chi connectivity index (χ1) is 17.1. The predicted octanol–water partition coefficient (Wildman–Crippen LogP) is 4.96. The zero-order chi connectivity index (χ0) is 26.1. The summed E-state index contributed by atoms with van der Waals surface area (Å²) in [6.07, 6.45) is 0.689. The van der Waals surface area contributed by atoms with Crippen LogP contribution in [0.15, 0.2) is 51.7 Å². The summed E-state index contributed by atoms with van der Waals surface area (Å²) in [7, 11) is 0. The van der Waals surface area contributed by atoms with Crippen LogP contribution in [0.1, 0.15) is 53.5 Å². The van der Waals surface area contributed by atoms with Crippen molar-refractivity contribution in [3.63, 3.8) is 0 Å². The molecule has 36 heavy (non-hydrogen) atoms. The number of aliphatic carboxylic acids is 1. The van der Waals surface area contributed by atoms with Crippen LogP contribution in [0.5, 0.6) is 0 Å². The van der Waals surface area contributed by atoms with Gasteiger partial charge in [-0.1, -0.05) is 37.3 Å². The van der Waals surface area contributed by atoms with E-state index in [9.17, 15) is 18.4 Å². The van der Waals surface area contributed by atoms with Crippen LogP contribution in [-0.4, -0.2) is 27.2 Å². The Morgan fingerprint density at radius 1 is 1.11 bits per heavy atom. The van der Waals surface area contributed by atoms with Crippen molar-refractivity contribution in [1.82, 2.24) is 10.2 Å². The van der Waals surface area contributed by atoms with Crippen molar-refractivity contribution >= 4 is 39.3 Å². The third-order valence-corrected chi connectivity index (χ3v) is 6.21. The van der Waals surface area contributed by atoms with Crippen LogP contribution in [0, 0.1) is 17.6 Å². The molecule has 1 N–H and O–H groups in total. The molecule has 11 heteroatoms. The van der Waals surface area contributed by atoms with Gasteiger partial charge < -0.3 is 9.52 Å². The highest BCUT2D eigenvalue weighted by molar-refractivity contribution is 7.15. The number of halogens is 2. The Kier molecular flexibility index (Phi) is 6.93. The minimum absolute atomic E-state index is 0.0308. The molecule has 0 saturated carbocycles. The first-order valence-electron chi connectivity index (χ1n) is 10.9. The normalized spacial score (nSPS) is 14.7. The molecule has 186 valence electrons. The van der Waals surface area contributed by atoms with Crippen molar-refractivity contribution < 1.29 is 27.9 Å². The molecule has 0 fully saturated rings. The Morgan fingerprint density at radius 2 is 1.75 bits per heavy atom. The number of carbonyl (C=O) groups is 2. The average molecular weight is 514 g/mol. The summed E-state index contributed by atoms with van der Waals surface area (Å²) in [5, 5.41) is 16.9. The number of aromatic nitrogens is 2.